The summed E-state index contributed by atoms with van der Waals surface area (Å²) in [5, 5.41) is 0.746. The van der Waals surface area contributed by atoms with Gasteiger partial charge in [0.15, 0.2) is 5.82 Å². The number of rotatable bonds is 4. The van der Waals surface area contributed by atoms with Gasteiger partial charge in [0, 0.05) is 28.3 Å². The van der Waals surface area contributed by atoms with Crippen molar-refractivity contribution in [2.75, 3.05) is 0 Å². The van der Waals surface area contributed by atoms with Crippen LogP contribution in [-0.2, 0) is 11.8 Å². The molecule has 5 heteroatoms. The van der Waals surface area contributed by atoms with Crippen molar-refractivity contribution in [3.63, 3.8) is 0 Å². The molecule has 0 radical (unpaired) electrons. The molecule has 2 nitrogen and oxygen atoms in total. The van der Waals surface area contributed by atoms with Crippen LogP contribution in [0, 0.1) is 5.82 Å². The van der Waals surface area contributed by atoms with E-state index in [9.17, 15) is 4.39 Å². The fourth-order valence-corrected chi connectivity index (χ4v) is 2.63. The van der Waals surface area contributed by atoms with Crippen molar-refractivity contribution in [3.05, 3.63) is 45.9 Å². The second-order valence-electron chi connectivity index (χ2n) is 4.18. The molecule has 1 aromatic carbocycles. The Morgan fingerprint density at radius 1 is 1.32 bits per heavy atom. The minimum atomic E-state index is -0.283. The van der Waals surface area contributed by atoms with Gasteiger partial charge in [-0.1, -0.05) is 29.3 Å². The monoisotopic (exact) mass is 386 g/mol. The minimum absolute atomic E-state index is 0.283. The fraction of sp³-hybridized carbons (Fsp3) is 0.286. The van der Waals surface area contributed by atoms with E-state index < -0.39 is 0 Å². The lowest BCUT2D eigenvalue weighted by molar-refractivity contribution is 0.621. The second kappa shape index (κ2) is 6.57. The van der Waals surface area contributed by atoms with Crippen LogP contribution in [0.3, 0.4) is 0 Å². The average molecular weight is 388 g/mol. The third-order valence-corrected chi connectivity index (χ3v) is 3.97. The van der Waals surface area contributed by atoms with Gasteiger partial charge in [-0.15, -0.1) is 0 Å². The second-order valence-corrected chi connectivity index (χ2v) is 5.59. The molecule has 0 aliphatic carbocycles. The lowest BCUT2D eigenvalue weighted by Gasteiger charge is -2.08. The molecule has 1 aromatic heterocycles. The number of aromatic nitrogens is 2. The molecule has 0 saturated heterocycles. The van der Waals surface area contributed by atoms with Crippen molar-refractivity contribution in [2.45, 2.75) is 25.1 Å². The summed E-state index contributed by atoms with van der Waals surface area (Å²) in [4.78, 5) is 8.94. The summed E-state index contributed by atoms with van der Waals surface area (Å²) in [6, 6.07) is 4.81. The number of hydrogen-bond acceptors (Lipinski definition) is 2. The summed E-state index contributed by atoms with van der Waals surface area (Å²) in [5.74, 6) is 0.350. The predicted octanol–water partition coefficient (Wildman–Crippen LogP) is 4.89. The summed E-state index contributed by atoms with van der Waals surface area (Å²) in [7, 11) is 0. The molecule has 0 fully saturated rings. The largest absolute Gasteiger partial charge is 0.236 e. The van der Waals surface area contributed by atoms with E-state index in [1.54, 1.807) is 12.1 Å². The maximum atomic E-state index is 13.2. The van der Waals surface area contributed by atoms with Crippen molar-refractivity contribution in [1.29, 1.82) is 0 Å². The molecule has 2 rings (SSSR count). The Bertz CT molecular complexity index is 588. The van der Waals surface area contributed by atoms with Crippen LogP contribution in [-0.4, -0.2) is 9.97 Å². The van der Waals surface area contributed by atoms with Gasteiger partial charge in [-0.2, -0.15) is 0 Å². The Morgan fingerprint density at radius 2 is 2.11 bits per heavy atom. The summed E-state index contributed by atoms with van der Waals surface area (Å²) in [6.07, 6.45) is 3.78. The molecule has 2 aromatic rings. The van der Waals surface area contributed by atoms with Crippen molar-refractivity contribution < 1.29 is 4.39 Å². The predicted molar refractivity (Wildman–Crippen MR) is 81.8 cm³/mol. The van der Waals surface area contributed by atoms with Crippen molar-refractivity contribution in [2.24, 2.45) is 0 Å². The zero-order valence-electron chi connectivity index (χ0n) is 10.5. The van der Waals surface area contributed by atoms with Gasteiger partial charge < -0.3 is 0 Å². The van der Waals surface area contributed by atoms with Crippen LogP contribution in [0.5, 0.6) is 0 Å². The zero-order chi connectivity index (χ0) is 13.8. The lowest BCUT2D eigenvalue weighted by Crippen LogP contribution is -2.00. The average Bonchev–Trinajstić information content (AvgIpc) is 2.42. The van der Waals surface area contributed by atoms with Crippen LogP contribution in [0.1, 0.15) is 24.6 Å². The van der Waals surface area contributed by atoms with Crippen molar-refractivity contribution >= 4 is 31.9 Å². The number of halogens is 3. The first-order valence-corrected chi connectivity index (χ1v) is 7.93. The Balaban J connectivity index is 2.44. The molecule has 19 heavy (non-hydrogen) atoms. The van der Waals surface area contributed by atoms with Gasteiger partial charge in [0.05, 0.1) is 4.47 Å². The van der Waals surface area contributed by atoms with E-state index in [1.165, 1.54) is 6.07 Å². The van der Waals surface area contributed by atoms with Crippen LogP contribution < -0.4 is 0 Å². The molecule has 0 atom stereocenters. The summed E-state index contributed by atoms with van der Waals surface area (Å²) in [5.41, 5.74) is 2.96. The molecule has 0 aliphatic heterocycles. The van der Waals surface area contributed by atoms with E-state index in [4.69, 9.17) is 0 Å². The zero-order valence-corrected chi connectivity index (χ0v) is 13.6. The highest BCUT2D eigenvalue weighted by Gasteiger charge is 2.09. The molecular weight excluding hydrogens is 375 g/mol. The highest BCUT2D eigenvalue weighted by Crippen LogP contribution is 2.24. The molecule has 0 bridgehead atoms. The fourth-order valence-electron chi connectivity index (χ4n) is 1.78. The smallest absolute Gasteiger partial charge is 0.159 e. The van der Waals surface area contributed by atoms with E-state index in [0.717, 1.165) is 35.0 Å². The molecule has 0 aliphatic rings. The standard InChI is InChI=1S/C14H13Br2FN2/c1-2-3-13-10(7-15)8-18-14(19-13)9-4-5-12(17)11(16)6-9/h4-6,8H,2-3,7H2,1H3. The highest BCUT2D eigenvalue weighted by atomic mass is 79.9. The number of hydrogen-bond donors (Lipinski definition) is 0. The lowest BCUT2D eigenvalue weighted by atomic mass is 10.1. The molecule has 100 valence electrons. The van der Waals surface area contributed by atoms with Crippen molar-refractivity contribution in [3.8, 4) is 11.4 Å². The van der Waals surface area contributed by atoms with E-state index in [1.807, 2.05) is 6.20 Å². The SMILES string of the molecule is CCCc1nc(-c2ccc(F)c(Br)c2)ncc1CBr. The first kappa shape index (κ1) is 14.6. The minimum Gasteiger partial charge on any atom is -0.236 e. The van der Waals surface area contributed by atoms with Gasteiger partial charge in [0.25, 0.3) is 0 Å². The number of benzene rings is 1. The first-order chi connectivity index (χ1) is 9.15. The number of nitrogens with zero attached hydrogens (tertiary/aromatic N) is 2. The topological polar surface area (TPSA) is 25.8 Å². The van der Waals surface area contributed by atoms with Gasteiger partial charge in [0.1, 0.15) is 5.82 Å². The molecular formula is C14H13Br2FN2. The third kappa shape index (κ3) is 3.39. The highest BCUT2D eigenvalue weighted by molar-refractivity contribution is 9.10. The summed E-state index contributed by atoms with van der Waals surface area (Å²) < 4.78 is 13.7. The molecule has 0 N–H and O–H groups in total. The van der Waals surface area contributed by atoms with E-state index in [2.05, 4.69) is 48.8 Å². The van der Waals surface area contributed by atoms with Crippen LogP contribution in [0.25, 0.3) is 11.4 Å². The number of alkyl halides is 1. The third-order valence-electron chi connectivity index (χ3n) is 2.76. The maximum Gasteiger partial charge on any atom is 0.159 e. The maximum absolute atomic E-state index is 13.2. The van der Waals surface area contributed by atoms with Gasteiger partial charge in [-0.05, 0) is 40.5 Å². The quantitative estimate of drug-likeness (QED) is 0.697. The van der Waals surface area contributed by atoms with Crippen LogP contribution in [0.2, 0.25) is 0 Å². The van der Waals surface area contributed by atoms with Gasteiger partial charge >= 0.3 is 0 Å². The van der Waals surface area contributed by atoms with E-state index >= 15 is 0 Å². The Morgan fingerprint density at radius 3 is 2.74 bits per heavy atom. The Kier molecular flexibility index (Phi) is 5.05. The van der Waals surface area contributed by atoms with Crippen LogP contribution in [0.4, 0.5) is 4.39 Å². The summed E-state index contributed by atoms with van der Waals surface area (Å²) >= 11 is 6.63. The molecule has 0 unspecified atom stereocenters. The van der Waals surface area contributed by atoms with E-state index in [0.29, 0.717) is 10.3 Å². The normalized spacial score (nSPS) is 10.7. The summed E-state index contributed by atoms with van der Waals surface area (Å²) in [6.45, 7) is 2.12. The van der Waals surface area contributed by atoms with Gasteiger partial charge in [0.2, 0.25) is 0 Å². The Labute approximate surface area is 128 Å². The molecule has 0 saturated carbocycles. The van der Waals surface area contributed by atoms with Gasteiger partial charge in [-0.25, -0.2) is 14.4 Å². The Hall–Kier alpha value is -0.810. The first-order valence-electron chi connectivity index (χ1n) is 6.02. The van der Waals surface area contributed by atoms with E-state index in [-0.39, 0.29) is 5.82 Å². The number of aryl methyl sites for hydroxylation is 1. The van der Waals surface area contributed by atoms with Crippen LogP contribution in [0.15, 0.2) is 28.9 Å². The molecule has 0 spiro atoms. The molecule has 0 amide bonds. The van der Waals surface area contributed by atoms with Gasteiger partial charge in [-0.3, -0.25) is 0 Å². The molecule has 1 heterocycles. The van der Waals surface area contributed by atoms with Crippen molar-refractivity contribution in [1.82, 2.24) is 9.97 Å². The van der Waals surface area contributed by atoms with Crippen LogP contribution >= 0.6 is 31.9 Å².